The van der Waals surface area contributed by atoms with Crippen LogP contribution in [0, 0.1) is 6.92 Å². The summed E-state index contributed by atoms with van der Waals surface area (Å²) in [5.41, 5.74) is 11.1. The SMILES string of the molecule is CC(C)c1ccc(-c2cccc3[cH-]c(C(C)C)cc23)cc1.C[Si](C)=[Zr+2].Cc1cc2c(-c3ccc(C(C)C)cc3)cccc2[cH-]1.[Cl-].[Cl-]. The molecule has 0 aliphatic rings. The molecule has 0 unspecified atom stereocenters. The van der Waals surface area contributed by atoms with Crippen LogP contribution in [0.25, 0.3) is 43.8 Å². The van der Waals surface area contributed by atoms with Crippen LogP contribution >= 0.6 is 0 Å². The number of fused-ring (bicyclic) bond motifs is 2. The molecule has 0 spiro atoms. The van der Waals surface area contributed by atoms with Gasteiger partial charge in [-0.3, -0.25) is 0 Å². The van der Waals surface area contributed by atoms with Crippen molar-refractivity contribution in [3.05, 3.63) is 131 Å². The fraction of sp³-hybridized carbons (Fsp3) is 0.286. The molecular formula is C42H48Cl2SiZr-2. The molecule has 0 heterocycles. The maximum absolute atomic E-state index is 2.35. The fourth-order valence-electron chi connectivity index (χ4n) is 5.57. The van der Waals surface area contributed by atoms with Crippen molar-refractivity contribution in [3.8, 4) is 22.3 Å². The monoisotopic (exact) mass is 740 g/mol. The van der Waals surface area contributed by atoms with Gasteiger partial charge in [0.1, 0.15) is 0 Å². The van der Waals surface area contributed by atoms with Gasteiger partial charge in [-0.25, -0.2) is 0 Å². The zero-order valence-corrected chi connectivity index (χ0v) is 33.9. The first kappa shape index (κ1) is 40.0. The van der Waals surface area contributed by atoms with E-state index in [1.807, 2.05) is 0 Å². The number of halogens is 2. The summed E-state index contributed by atoms with van der Waals surface area (Å²) in [6.07, 6.45) is 0. The average molecular weight is 743 g/mol. The minimum atomic E-state index is 0. The van der Waals surface area contributed by atoms with Crippen LogP contribution in [0.15, 0.2) is 109 Å². The predicted octanol–water partition coefficient (Wildman–Crippen LogP) is 6.92. The van der Waals surface area contributed by atoms with Crippen molar-refractivity contribution in [2.24, 2.45) is 0 Å². The molecule has 6 aromatic carbocycles. The number of hydrogen-bond acceptors (Lipinski definition) is 0. The van der Waals surface area contributed by atoms with E-state index in [4.69, 9.17) is 0 Å². The van der Waals surface area contributed by atoms with Gasteiger partial charge in [-0.2, -0.15) is 12.1 Å². The van der Waals surface area contributed by atoms with Crippen LogP contribution in [0.1, 0.15) is 81.5 Å². The third-order valence-electron chi connectivity index (χ3n) is 8.11. The third-order valence-corrected chi connectivity index (χ3v) is 8.11. The molecule has 6 rings (SSSR count). The molecular weight excluding hydrogens is 695 g/mol. The molecule has 0 amide bonds. The van der Waals surface area contributed by atoms with Gasteiger partial charge in [0.25, 0.3) is 0 Å². The maximum atomic E-state index is 2.35. The minimum absolute atomic E-state index is 0. The number of rotatable bonds is 5. The Hall–Kier alpha value is -2.22. The summed E-state index contributed by atoms with van der Waals surface area (Å²) in [4.78, 5) is 0. The first-order valence-corrected chi connectivity index (χ1v) is 22.2. The standard InChI is InChI=1S/C21H23.C19H19.C2H6Si.2ClH.Zr/c1-14(2)16-8-10-17(11-9-16)20-7-5-6-18-12-19(15(3)4)13-21(18)20;1-13(2)15-7-9-16(10-8-15)18-6-4-5-17-11-14(3)12-19(17)18;1-3-2;;;/h5-15H,1-4H3;4-13H,1-3H3;1-2H3;2*1H;/q2*-1;;;;+2/p-2. The van der Waals surface area contributed by atoms with Crippen molar-refractivity contribution in [2.45, 2.75) is 79.3 Å². The van der Waals surface area contributed by atoms with Crippen molar-refractivity contribution in [1.82, 2.24) is 0 Å². The number of benzene rings is 4. The summed E-state index contributed by atoms with van der Waals surface area (Å²) in [7, 11) is 0. The molecule has 0 aliphatic carbocycles. The minimum Gasteiger partial charge on any atom is -1.00 e. The molecule has 240 valence electrons. The zero-order valence-electron chi connectivity index (χ0n) is 28.9. The van der Waals surface area contributed by atoms with E-state index in [0.29, 0.717) is 17.8 Å². The van der Waals surface area contributed by atoms with Gasteiger partial charge in [0.05, 0.1) is 0 Å². The molecule has 0 atom stereocenters. The van der Waals surface area contributed by atoms with Crippen LogP contribution in [0.4, 0.5) is 0 Å². The van der Waals surface area contributed by atoms with Gasteiger partial charge in [-0.05, 0) is 40.0 Å². The molecule has 0 N–H and O–H groups in total. The van der Waals surface area contributed by atoms with Crippen LogP contribution in [0.3, 0.4) is 0 Å². The molecule has 0 radical (unpaired) electrons. The van der Waals surface area contributed by atoms with Gasteiger partial charge in [-0.15, -0.1) is 69.1 Å². The summed E-state index contributed by atoms with van der Waals surface area (Å²) in [5.74, 6) is 1.75. The summed E-state index contributed by atoms with van der Waals surface area (Å²) in [5, 5.41) is 5.42. The second-order valence-corrected chi connectivity index (χ2v) is 22.5. The first-order valence-electron chi connectivity index (χ1n) is 16.0. The van der Waals surface area contributed by atoms with E-state index in [1.54, 1.807) is 23.3 Å². The van der Waals surface area contributed by atoms with Crippen LogP contribution in [0.5, 0.6) is 0 Å². The number of aryl methyl sites for hydroxylation is 1. The Morgan fingerprint density at radius 3 is 1.33 bits per heavy atom. The smallest absolute Gasteiger partial charge is 0.0219 e. The Labute approximate surface area is 306 Å². The van der Waals surface area contributed by atoms with Crippen molar-refractivity contribution in [3.63, 3.8) is 0 Å². The Morgan fingerprint density at radius 1 is 0.543 bits per heavy atom. The van der Waals surface area contributed by atoms with Gasteiger partial charge < -0.3 is 24.8 Å². The average Bonchev–Trinajstić information content (AvgIpc) is 3.60. The molecule has 0 bridgehead atoms. The second kappa shape index (κ2) is 18.4. The quantitative estimate of drug-likeness (QED) is 0.133. The van der Waals surface area contributed by atoms with Crippen LogP contribution < -0.4 is 24.8 Å². The molecule has 0 fully saturated rings. The van der Waals surface area contributed by atoms with Crippen LogP contribution in [0.2, 0.25) is 13.1 Å². The molecule has 6 aromatic rings. The molecule has 0 nitrogen and oxygen atoms in total. The zero-order chi connectivity index (χ0) is 32.0. The maximum Gasteiger partial charge on any atom is -0.0219 e. The molecule has 4 heteroatoms. The van der Waals surface area contributed by atoms with Crippen LogP contribution in [-0.2, 0) is 23.3 Å². The van der Waals surface area contributed by atoms with E-state index in [9.17, 15) is 0 Å². The van der Waals surface area contributed by atoms with Crippen molar-refractivity contribution < 1.29 is 48.1 Å². The molecule has 0 aromatic heterocycles. The van der Waals surface area contributed by atoms with Gasteiger partial charge in [0.2, 0.25) is 0 Å². The van der Waals surface area contributed by atoms with E-state index in [0.717, 1.165) is 0 Å². The van der Waals surface area contributed by atoms with Crippen LogP contribution in [-0.4, -0.2) is 5.43 Å². The van der Waals surface area contributed by atoms with Gasteiger partial charge in [-0.1, -0.05) is 120 Å². The fourth-order valence-corrected chi connectivity index (χ4v) is 5.57. The molecule has 46 heavy (non-hydrogen) atoms. The summed E-state index contributed by atoms with van der Waals surface area (Å²) >= 11 is 1.74. The Balaban J connectivity index is 0.000000277. The van der Waals surface area contributed by atoms with Gasteiger partial charge in [0, 0.05) is 0 Å². The van der Waals surface area contributed by atoms with E-state index in [-0.39, 0.29) is 30.2 Å². The Kier molecular flexibility index (Phi) is 15.9. The van der Waals surface area contributed by atoms with E-state index in [2.05, 4.69) is 171 Å². The van der Waals surface area contributed by atoms with Gasteiger partial charge >= 0.3 is 41.9 Å². The van der Waals surface area contributed by atoms with E-state index in [1.165, 1.54) is 66.1 Å². The third kappa shape index (κ3) is 10.4. The van der Waals surface area contributed by atoms with E-state index < -0.39 is 0 Å². The summed E-state index contributed by atoms with van der Waals surface area (Å²) in [6, 6.07) is 40.4. The van der Waals surface area contributed by atoms with Crippen molar-refractivity contribution in [2.75, 3.05) is 0 Å². The summed E-state index contributed by atoms with van der Waals surface area (Å²) in [6.45, 7) is 20.2. The van der Waals surface area contributed by atoms with Crippen molar-refractivity contribution in [1.29, 1.82) is 0 Å². The van der Waals surface area contributed by atoms with Gasteiger partial charge in [0.15, 0.2) is 0 Å². The van der Waals surface area contributed by atoms with Crippen molar-refractivity contribution >= 4 is 27.0 Å². The number of hydrogen-bond donors (Lipinski definition) is 0. The first-order chi connectivity index (χ1) is 20.9. The topological polar surface area (TPSA) is 0 Å². The normalized spacial score (nSPS) is 10.7. The second-order valence-electron chi connectivity index (χ2n) is 13.1. The predicted molar refractivity (Wildman–Crippen MR) is 194 cm³/mol. The molecule has 0 saturated carbocycles. The Bertz CT molecular complexity index is 1820. The Morgan fingerprint density at radius 2 is 0.935 bits per heavy atom. The molecule has 0 saturated heterocycles. The van der Waals surface area contributed by atoms with E-state index >= 15 is 0 Å². The molecule has 0 aliphatic heterocycles. The largest absolute Gasteiger partial charge is 1.00 e. The summed E-state index contributed by atoms with van der Waals surface area (Å²) < 4.78 is 0.